The van der Waals surface area contributed by atoms with Gasteiger partial charge in [-0.05, 0) is 63.6 Å². The highest BCUT2D eigenvalue weighted by atomic mass is 127. The molecule has 0 saturated heterocycles. The summed E-state index contributed by atoms with van der Waals surface area (Å²) in [5.74, 6) is 0. The van der Waals surface area contributed by atoms with Crippen molar-refractivity contribution in [3.8, 4) is 0 Å². The van der Waals surface area contributed by atoms with Gasteiger partial charge in [0, 0.05) is 16.3 Å². The first-order chi connectivity index (χ1) is 8.08. The monoisotopic (exact) mass is 405 g/mol. The van der Waals surface area contributed by atoms with Gasteiger partial charge in [0.25, 0.3) is 0 Å². The second kappa shape index (κ2) is 5.39. The second-order valence-electron chi connectivity index (χ2n) is 3.83. The van der Waals surface area contributed by atoms with Gasteiger partial charge in [0.15, 0.2) is 0 Å². The van der Waals surface area contributed by atoms with E-state index in [-0.39, 0.29) is 0 Å². The van der Waals surface area contributed by atoms with Gasteiger partial charge in [-0.3, -0.25) is 4.68 Å². The van der Waals surface area contributed by atoms with Crippen LogP contribution in [0.1, 0.15) is 11.4 Å². The molecule has 2 rings (SSSR count). The first-order valence-corrected chi connectivity index (χ1v) is 7.12. The number of hydrogen-bond donors (Lipinski definition) is 1. The molecule has 2 aromatic rings. The summed E-state index contributed by atoms with van der Waals surface area (Å²) < 4.78 is 4.21. The van der Waals surface area contributed by atoms with E-state index in [4.69, 9.17) is 0 Å². The summed E-state index contributed by atoms with van der Waals surface area (Å²) in [4.78, 5) is 0. The van der Waals surface area contributed by atoms with Crippen LogP contribution < -0.4 is 5.32 Å². The summed E-state index contributed by atoms with van der Waals surface area (Å²) in [6.07, 6.45) is 0. The average Bonchev–Trinajstić information content (AvgIpc) is 2.51. The molecule has 0 aliphatic carbocycles. The third-order valence-electron chi connectivity index (χ3n) is 2.55. The number of nitrogens with one attached hydrogen (secondary N) is 1. The maximum absolute atomic E-state index is 4.37. The molecule has 0 atom stereocenters. The van der Waals surface area contributed by atoms with Crippen LogP contribution in [-0.2, 0) is 13.6 Å². The molecule has 1 N–H and O–H groups in total. The summed E-state index contributed by atoms with van der Waals surface area (Å²) in [6.45, 7) is 2.76. The lowest BCUT2D eigenvalue weighted by atomic mass is 10.3. The number of anilines is 1. The van der Waals surface area contributed by atoms with E-state index in [0.29, 0.717) is 0 Å². The van der Waals surface area contributed by atoms with Gasteiger partial charge in [0.1, 0.15) is 0 Å². The highest BCUT2D eigenvalue weighted by Gasteiger charge is 2.09. The number of rotatable bonds is 3. The zero-order valence-corrected chi connectivity index (χ0v) is 13.4. The van der Waals surface area contributed by atoms with Gasteiger partial charge >= 0.3 is 0 Å². The van der Waals surface area contributed by atoms with Crippen LogP contribution in [0.4, 0.5) is 5.69 Å². The van der Waals surface area contributed by atoms with Crippen molar-refractivity contribution < 1.29 is 0 Å². The van der Waals surface area contributed by atoms with Gasteiger partial charge < -0.3 is 5.32 Å². The Kier molecular flexibility index (Phi) is 4.09. The van der Waals surface area contributed by atoms with Gasteiger partial charge in [-0.1, -0.05) is 6.07 Å². The lowest BCUT2D eigenvalue weighted by Crippen LogP contribution is -2.06. The van der Waals surface area contributed by atoms with E-state index in [1.54, 1.807) is 0 Å². The molecule has 0 fully saturated rings. The van der Waals surface area contributed by atoms with Crippen molar-refractivity contribution in [2.45, 2.75) is 13.5 Å². The summed E-state index contributed by atoms with van der Waals surface area (Å²) in [5, 5.41) is 7.77. The van der Waals surface area contributed by atoms with Crippen molar-refractivity contribution in [2.24, 2.45) is 7.05 Å². The highest BCUT2D eigenvalue weighted by molar-refractivity contribution is 14.1. The van der Waals surface area contributed by atoms with E-state index in [1.807, 2.05) is 24.7 Å². The zero-order valence-electron chi connectivity index (χ0n) is 9.67. The first kappa shape index (κ1) is 12.9. The van der Waals surface area contributed by atoms with Crippen LogP contribution in [0.15, 0.2) is 28.7 Å². The number of halogens is 2. The number of aryl methyl sites for hydroxylation is 2. The molecule has 1 aromatic heterocycles. The van der Waals surface area contributed by atoms with Crippen molar-refractivity contribution >= 4 is 44.2 Å². The fourth-order valence-corrected chi connectivity index (χ4v) is 2.68. The number of aromatic nitrogens is 2. The number of hydrogen-bond acceptors (Lipinski definition) is 2. The van der Waals surface area contributed by atoms with E-state index in [0.717, 1.165) is 28.1 Å². The molecule has 1 aromatic carbocycles. The normalized spacial score (nSPS) is 10.6. The molecule has 0 saturated carbocycles. The van der Waals surface area contributed by atoms with E-state index < -0.39 is 0 Å². The van der Waals surface area contributed by atoms with E-state index in [9.17, 15) is 0 Å². The van der Waals surface area contributed by atoms with Gasteiger partial charge in [-0.25, -0.2) is 0 Å². The number of benzene rings is 1. The summed E-state index contributed by atoms with van der Waals surface area (Å²) in [6, 6.07) is 8.32. The standard InChI is InChI=1S/C12H13BrIN3/c1-8-12(13)11(17(2)16-8)7-15-10-5-3-4-9(14)6-10/h3-6,15H,7H2,1-2H3. The Labute approximate surface area is 123 Å². The zero-order chi connectivity index (χ0) is 12.4. The minimum Gasteiger partial charge on any atom is -0.379 e. The Morgan fingerprint density at radius 1 is 1.47 bits per heavy atom. The molecule has 0 aliphatic heterocycles. The van der Waals surface area contributed by atoms with Crippen LogP contribution in [0, 0.1) is 10.5 Å². The Balaban J connectivity index is 2.12. The summed E-state index contributed by atoms with van der Waals surface area (Å²) in [7, 11) is 1.96. The third-order valence-corrected chi connectivity index (χ3v) is 4.25. The minimum atomic E-state index is 0.762. The van der Waals surface area contributed by atoms with Gasteiger partial charge in [-0.15, -0.1) is 0 Å². The molecule has 0 radical (unpaired) electrons. The topological polar surface area (TPSA) is 29.9 Å². The van der Waals surface area contributed by atoms with Crippen LogP contribution in [0.3, 0.4) is 0 Å². The smallest absolute Gasteiger partial charge is 0.0739 e. The van der Waals surface area contributed by atoms with Crippen LogP contribution in [0.25, 0.3) is 0 Å². The average molecular weight is 406 g/mol. The highest BCUT2D eigenvalue weighted by Crippen LogP contribution is 2.21. The van der Waals surface area contributed by atoms with Gasteiger partial charge in [0.05, 0.1) is 22.4 Å². The van der Waals surface area contributed by atoms with E-state index in [2.05, 4.69) is 67.1 Å². The van der Waals surface area contributed by atoms with Crippen LogP contribution >= 0.6 is 38.5 Å². The Morgan fingerprint density at radius 2 is 2.24 bits per heavy atom. The third kappa shape index (κ3) is 3.01. The molecule has 17 heavy (non-hydrogen) atoms. The quantitative estimate of drug-likeness (QED) is 0.789. The van der Waals surface area contributed by atoms with Gasteiger partial charge in [-0.2, -0.15) is 5.10 Å². The number of nitrogens with zero attached hydrogens (tertiary/aromatic N) is 2. The van der Waals surface area contributed by atoms with Crippen LogP contribution in [-0.4, -0.2) is 9.78 Å². The molecule has 1 heterocycles. The maximum atomic E-state index is 4.37. The summed E-state index contributed by atoms with van der Waals surface area (Å²) >= 11 is 5.87. The van der Waals surface area contributed by atoms with Crippen molar-refractivity contribution in [1.82, 2.24) is 9.78 Å². The Morgan fingerprint density at radius 3 is 2.82 bits per heavy atom. The van der Waals surface area contributed by atoms with Crippen LogP contribution in [0.2, 0.25) is 0 Å². The van der Waals surface area contributed by atoms with Crippen molar-refractivity contribution in [2.75, 3.05) is 5.32 Å². The predicted molar refractivity (Wildman–Crippen MR) is 82.1 cm³/mol. The fourth-order valence-electron chi connectivity index (χ4n) is 1.66. The first-order valence-electron chi connectivity index (χ1n) is 5.25. The molecule has 0 spiro atoms. The maximum Gasteiger partial charge on any atom is 0.0739 e. The summed E-state index contributed by atoms with van der Waals surface area (Å²) in [5.41, 5.74) is 3.30. The van der Waals surface area contributed by atoms with Crippen molar-refractivity contribution in [3.05, 3.63) is 43.7 Å². The molecule has 0 bridgehead atoms. The molecule has 0 unspecified atom stereocenters. The lowest BCUT2D eigenvalue weighted by Gasteiger charge is -2.07. The van der Waals surface area contributed by atoms with E-state index >= 15 is 0 Å². The predicted octanol–water partition coefficient (Wildman–Crippen LogP) is 3.71. The molecule has 0 aliphatic rings. The largest absolute Gasteiger partial charge is 0.379 e. The molecular weight excluding hydrogens is 393 g/mol. The van der Waals surface area contributed by atoms with Crippen molar-refractivity contribution in [3.63, 3.8) is 0 Å². The molecule has 3 nitrogen and oxygen atoms in total. The molecular formula is C12H13BrIN3. The second-order valence-corrected chi connectivity index (χ2v) is 5.87. The molecule has 90 valence electrons. The van der Waals surface area contributed by atoms with Gasteiger partial charge in [0.2, 0.25) is 0 Å². The molecule has 0 amide bonds. The fraction of sp³-hybridized carbons (Fsp3) is 0.250. The minimum absolute atomic E-state index is 0.762. The Hall–Kier alpha value is -0.560. The molecule has 5 heteroatoms. The van der Waals surface area contributed by atoms with E-state index in [1.165, 1.54) is 3.57 Å². The van der Waals surface area contributed by atoms with Crippen LogP contribution in [0.5, 0.6) is 0 Å². The Bertz CT molecular complexity index is 537. The lowest BCUT2D eigenvalue weighted by molar-refractivity contribution is 0.712. The SMILES string of the molecule is Cc1nn(C)c(CNc2cccc(I)c2)c1Br. The van der Waals surface area contributed by atoms with Crippen molar-refractivity contribution in [1.29, 1.82) is 0 Å².